The van der Waals surface area contributed by atoms with Crippen molar-refractivity contribution in [2.75, 3.05) is 14.2 Å². The van der Waals surface area contributed by atoms with Crippen molar-refractivity contribution < 1.29 is 9.47 Å². The maximum Gasteiger partial charge on any atom is 0.264 e. The minimum atomic E-state index is -0.141. The van der Waals surface area contributed by atoms with Gasteiger partial charge in [-0.15, -0.1) is 0 Å². The minimum Gasteiger partial charge on any atom is -0.496 e. The third-order valence-electron chi connectivity index (χ3n) is 2.81. The number of H-pyrrole nitrogens is 1. The van der Waals surface area contributed by atoms with Crippen molar-refractivity contribution in [3.8, 4) is 5.75 Å². The van der Waals surface area contributed by atoms with Crippen molar-refractivity contribution in [2.24, 2.45) is 0 Å². The highest BCUT2D eigenvalue weighted by Gasteiger charge is 2.11. The fraction of sp³-hybridized carbons (Fsp3) is 0.286. The van der Waals surface area contributed by atoms with Crippen LogP contribution in [-0.2, 0) is 17.8 Å². The lowest BCUT2D eigenvalue weighted by Gasteiger charge is -2.09. The molecule has 0 aliphatic rings. The Labute approximate surface area is 130 Å². The molecule has 5 nitrogen and oxygen atoms in total. The second kappa shape index (κ2) is 6.85. The third kappa shape index (κ3) is 3.37. The number of methoxy groups -OCH3 is 2. The maximum absolute atomic E-state index is 11.9. The smallest absolute Gasteiger partial charge is 0.264 e. The summed E-state index contributed by atoms with van der Waals surface area (Å²) in [5, 5.41) is 0. The van der Waals surface area contributed by atoms with E-state index in [0.29, 0.717) is 28.1 Å². The lowest BCUT2D eigenvalue weighted by molar-refractivity contribution is 0.180. The number of aromatic amines is 1. The maximum atomic E-state index is 11.9. The van der Waals surface area contributed by atoms with E-state index in [-0.39, 0.29) is 5.56 Å². The van der Waals surface area contributed by atoms with Gasteiger partial charge in [-0.3, -0.25) is 4.79 Å². The standard InChI is InChI=1S/C14H15IN2O3/c1-19-8-10-13(15)14(18)17-12(16-10)7-9-5-3-4-6-11(9)20-2/h3-6H,7-8H2,1-2H3,(H,16,17,18). The molecule has 1 aromatic carbocycles. The van der Waals surface area contributed by atoms with E-state index in [1.807, 2.05) is 46.9 Å². The van der Waals surface area contributed by atoms with E-state index in [4.69, 9.17) is 9.47 Å². The Kier molecular flexibility index (Phi) is 5.13. The van der Waals surface area contributed by atoms with E-state index in [9.17, 15) is 4.79 Å². The molecular weight excluding hydrogens is 371 g/mol. The van der Waals surface area contributed by atoms with Crippen LogP contribution < -0.4 is 10.3 Å². The number of hydrogen-bond donors (Lipinski definition) is 1. The van der Waals surface area contributed by atoms with Gasteiger partial charge < -0.3 is 14.5 Å². The van der Waals surface area contributed by atoms with Gasteiger partial charge in [0.25, 0.3) is 5.56 Å². The molecular formula is C14H15IN2O3. The molecule has 1 aromatic heterocycles. The topological polar surface area (TPSA) is 64.2 Å². The number of nitrogens with zero attached hydrogens (tertiary/aromatic N) is 1. The van der Waals surface area contributed by atoms with Gasteiger partial charge in [0.1, 0.15) is 15.1 Å². The SMILES string of the molecule is COCc1nc(Cc2ccccc2OC)[nH]c(=O)c1I. The first-order valence-corrected chi connectivity index (χ1v) is 7.12. The summed E-state index contributed by atoms with van der Waals surface area (Å²) in [5.74, 6) is 1.38. The quantitative estimate of drug-likeness (QED) is 0.800. The zero-order valence-electron chi connectivity index (χ0n) is 11.3. The molecule has 1 N–H and O–H groups in total. The summed E-state index contributed by atoms with van der Waals surface area (Å²) in [5.41, 5.74) is 1.49. The summed E-state index contributed by atoms with van der Waals surface area (Å²) in [4.78, 5) is 19.1. The zero-order valence-corrected chi connectivity index (χ0v) is 13.4. The van der Waals surface area contributed by atoms with Gasteiger partial charge in [0.2, 0.25) is 0 Å². The Morgan fingerprint density at radius 1 is 1.30 bits per heavy atom. The van der Waals surface area contributed by atoms with Gasteiger partial charge >= 0.3 is 0 Å². The first-order valence-electron chi connectivity index (χ1n) is 6.04. The van der Waals surface area contributed by atoms with Crippen molar-refractivity contribution >= 4 is 22.6 Å². The normalized spacial score (nSPS) is 10.6. The van der Waals surface area contributed by atoms with Crippen molar-refractivity contribution in [3.05, 3.63) is 55.3 Å². The first kappa shape index (κ1) is 15.0. The van der Waals surface area contributed by atoms with Gasteiger partial charge in [-0.2, -0.15) is 0 Å². The first-order chi connectivity index (χ1) is 9.65. The summed E-state index contributed by atoms with van der Waals surface area (Å²) in [7, 11) is 3.21. The molecule has 0 bridgehead atoms. The van der Waals surface area contributed by atoms with Gasteiger partial charge in [-0.1, -0.05) is 18.2 Å². The molecule has 0 aliphatic carbocycles. The highest BCUT2D eigenvalue weighted by Crippen LogP contribution is 2.19. The number of rotatable bonds is 5. The molecule has 0 saturated carbocycles. The summed E-state index contributed by atoms with van der Waals surface area (Å²) in [6.07, 6.45) is 0.507. The average Bonchev–Trinajstić information content (AvgIpc) is 2.45. The molecule has 0 saturated heterocycles. The monoisotopic (exact) mass is 386 g/mol. The number of nitrogens with one attached hydrogen (secondary N) is 1. The molecule has 6 heteroatoms. The van der Waals surface area contributed by atoms with Crippen LogP contribution in [0, 0.1) is 3.57 Å². The summed E-state index contributed by atoms with van der Waals surface area (Å²) >= 11 is 1.98. The van der Waals surface area contributed by atoms with E-state index < -0.39 is 0 Å². The molecule has 2 aromatic rings. The molecule has 20 heavy (non-hydrogen) atoms. The summed E-state index contributed by atoms with van der Waals surface area (Å²) in [6, 6.07) is 7.67. The van der Waals surface area contributed by atoms with E-state index in [2.05, 4.69) is 9.97 Å². The molecule has 0 spiro atoms. The lowest BCUT2D eigenvalue weighted by atomic mass is 10.1. The van der Waals surface area contributed by atoms with Gasteiger partial charge in [0, 0.05) is 19.1 Å². The van der Waals surface area contributed by atoms with E-state index in [1.54, 1.807) is 14.2 Å². The van der Waals surface area contributed by atoms with Crippen LogP contribution in [0.2, 0.25) is 0 Å². The van der Waals surface area contributed by atoms with Crippen molar-refractivity contribution in [3.63, 3.8) is 0 Å². The lowest BCUT2D eigenvalue weighted by Crippen LogP contribution is -2.18. The molecule has 0 aliphatic heterocycles. The highest BCUT2D eigenvalue weighted by atomic mass is 127. The highest BCUT2D eigenvalue weighted by molar-refractivity contribution is 14.1. The Hall–Kier alpha value is -1.41. The second-order valence-electron chi connectivity index (χ2n) is 4.19. The Balaban J connectivity index is 2.36. The predicted octanol–water partition coefficient (Wildman–Crippen LogP) is 2.12. The minimum absolute atomic E-state index is 0.141. The van der Waals surface area contributed by atoms with E-state index in [1.165, 1.54) is 0 Å². The van der Waals surface area contributed by atoms with Gasteiger partial charge in [0.05, 0.1) is 19.4 Å². The van der Waals surface area contributed by atoms with E-state index in [0.717, 1.165) is 11.3 Å². The zero-order chi connectivity index (χ0) is 14.5. The average molecular weight is 386 g/mol. The van der Waals surface area contributed by atoms with Crippen LogP contribution in [0.5, 0.6) is 5.75 Å². The van der Waals surface area contributed by atoms with Crippen molar-refractivity contribution in [1.82, 2.24) is 9.97 Å². The molecule has 0 radical (unpaired) electrons. The molecule has 0 atom stereocenters. The van der Waals surface area contributed by atoms with Crippen LogP contribution >= 0.6 is 22.6 Å². The third-order valence-corrected chi connectivity index (χ3v) is 3.92. The second-order valence-corrected chi connectivity index (χ2v) is 5.27. The van der Waals surface area contributed by atoms with Crippen LogP contribution in [0.15, 0.2) is 29.1 Å². The number of aromatic nitrogens is 2. The fourth-order valence-electron chi connectivity index (χ4n) is 1.90. The summed E-state index contributed by atoms with van der Waals surface area (Å²) in [6.45, 7) is 0.321. The molecule has 1 heterocycles. The largest absolute Gasteiger partial charge is 0.496 e. The van der Waals surface area contributed by atoms with Crippen molar-refractivity contribution in [2.45, 2.75) is 13.0 Å². The molecule has 0 unspecified atom stereocenters. The van der Waals surface area contributed by atoms with Crippen LogP contribution in [0.1, 0.15) is 17.1 Å². The van der Waals surface area contributed by atoms with Crippen molar-refractivity contribution in [1.29, 1.82) is 0 Å². The predicted molar refractivity (Wildman–Crippen MR) is 84.1 cm³/mol. The molecule has 2 rings (SSSR count). The van der Waals surface area contributed by atoms with Gasteiger partial charge in [-0.05, 0) is 28.7 Å². The number of para-hydroxylation sites is 1. The van der Waals surface area contributed by atoms with Gasteiger partial charge in [0.15, 0.2) is 0 Å². The Morgan fingerprint density at radius 2 is 2.05 bits per heavy atom. The summed E-state index contributed by atoms with van der Waals surface area (Å²) < 4.78 is 10.9. The number of halogens is 1. The molecule has 0 amide bonds. The molecule has 0 fully saturated rings. The fourth-order valence-corrected chi connectivity index (χ4v) is 2.31. The van der Waals surface area contributed by atoms with Crippen LogP contribution in [0.3, 0.4) is 0 Å². The van der Waals surface area contributed by atoms with Gasteiger partial charge in [-0.25, -0.2) is 4.98 Å². The number of ether oxygens (including phenoxy) is 2. The number of hydrogen-bond acceptors (Lipinski definition) is 4. The number of benzene rings is 1. The Bertz CT molecular complexity index is 655. The van der Waals surface area contributed by atoms with Crippen LogP contribution in [-0.4, -0.2) is 24.2 Å². The van der Waals surface area contributed by atoms with E-state index >= 15 is 0 Å². The van der Waals surface area contributed by atoms with Crippen LogP contribution in [0.4, 0.5) is 0 Å². The van der Waals surface area contributed by atoms with Crippen LogP contribution in [0.25, 0.3) is 0 Å². The Morgan fingerprint density at radius 3 is 2.75 bits per heavy atom. The molecule has 106 valence electrons.